The molecule has 0 aliphatic rings. The number of aryl methyl sites for hydroxylation is 4. The number of hydrogen-bond donors (Lipinski definition) is 0. The molecule has 0 N–H and O–H groups in total. The molecule has 0 spiro atoms. The molecule has 0 aliphatic carbocycles. The maximum absolute atomic E-state index is 6.57. The number of benzene rings is 5. The van der Waals surface area contributed by atoms with Crippen molar-refractivity contribution in [2.45, 2.75) is 34.6 Å². The number of ether oxygens (including phenoxy) is 1. The summed E-state index contributed by atoms with van der Waals surface area (Å²) in [5, 5.41) is 1.92. The second-order valence-electron chi connectivity index (χ2n) is 12.5. The molecular formula is C42H35N3O2. The average Bonchev–Trinajstić information content (AvgIpc) is 3.61. The number of methoxy groups -OCH3 is 1. The zero-order valence-corrected chi connectivity index (χ0v) is 27.5. The van der Waals surface area contributed by atoms with Gasteiger partial charge in [0.2, 0.25) is 5.71 Å². The van der Waals surface area contributed by atoms with Crippen LogP contribution < -0.4 is 4.74 Å². The molecule has 0 saturated carbocycles. The normalized spacial score (nSPS) is 11.6. The molecule has 3 heterocycles. The lowest BCUT2D eigenvalue weighted by molar-refractivity contribution is 0.412. The van der Waals surface area contributed by atoms with Gasteiger partial charge in [-0.25, -0.2) is 9.97 Å². The Balaban J connectivity index is 1.36. The van der Waals surface area contributed by atoms with Crippen molar-refractivity contribution >= 4 is 33.1 Å². The molecule has 0 bridgehead atoms. The maximum atomic E-state index is 6.57. The first kappa shape index (κ1) is 28.8. The maximum Gasteiger partial charge on any atom is 0.227 e. The Kier molecular flexibility index (Phi) is 6.73. The first-order valence-corrected chi connectivity index (χ1v) is 15.9. The van der Waals surface area contributed by atoms with Crippen LogP contribution in [0.1, 0.15) is 27.9 Å². The lowest BCUT2D eigenvalue weighted by Gasteiger charge is -2.19. The van der Waals surface area contributed by atoms with Gasteiger partial charge in [-0.05, 0) is 116 Å². The second kappa shape index (κ2) is 11.0. The third-order valence-corrected chi connectivity index (χ3v) is 9.27. The molecule has 47 heavy (non-hydrogen) atoms. The minimum atomic E-state index is 0.613. The molecule has 0 atom stereocenters. The van der Waals surface area contributed by atoms with Gasteiger partial charge in [-0.15, -0.1) is 0 Å². The molecule has 0 fully saturated rings. The van der Waals surface area contributed by atoms with Gasteiger partial charge in [0.15, 0.2) is 0 Å². The molecule has 5 heteroatoms. The fourth-order valence-corrected chi connectivity index (χ4v) is 6.97. The van der Waals surface area contributed by atoms with Crippen molar-refractivity contribution in [1.82, 2.24) is 14.5 Å². The number of imidazole rings is 1. The van der Waals surface area contributed by atoms with E-state index in [2.05, 4.69) is 123 Å². The van der Waals surface area contributed by atoms with Crippen molar-refractivity contribution in [2.75, 3.05) is 7.11 Å². The van der Waals surface area contributed by atoms with E-state index in [-0.39, 0.29) is 0 Å². The molecule has 0 aliphatic heterocycles. The SMILES string of the molecule is COc1cc2c(oc3nc(C)ccc32)c(-c2nc3ccc(C)cc3n2-c2c(C)cc(-c3ccc(-c4ccccc4)cc3)cc2C)c1C. The average molecular weight is 614 g/mol. The van der Waals surface area contributed by atoms with E-state index >= 15 is 0 Å². The van der Waals surface area contributed by atoms with E-state index < -0.39 is 0 Å². The molecule has 5 aromatic carbocycles. The molecule has 0 amide bonds. The third kappa shape index (κ3) is 4.69. The Morgan fingerprint density at radius 2 is 1.32 bits per heavy atom. The predicted molar refractivity (Wildman–Crippen MR) is 193 cm³/mol. The van der Waals surface area contributed by atoms with Crippen molar-refractivity contribution in [3.8, 4) is 45.1 Å². The van der Waals surface area contributed by atoms with Crippen LogP contribution in [0.3, 0.4) is 0 Å². The van der Waals surface area contributed by atoms with Crippen molar-refractivity contribution in [1.29, 1.82) is 0 Å². The number of pyridine rings is 1. The van der Waals surface area contributed by atoms with Gasteiger partial charge in [0.25, 0.3) is 0 Å². The van der Waals surface area contributed by atoms with Gasteiger partial charge >= 0.3 is 0 Å². The van der Waals surface area contributed by atoms with Gasteiger partial charge < -0.3 is 9.15 Å². The summed E-state index contributed by atoms with van der Waals surface area (Å²) in [4.78, 5) is 10.0. The lowest BCUT2D eigenvalue weighted by Crippen LogP contribution is -2.05. The van der Waals surface area contributed by atoms with E-state index in [4.69, 9.17) is 19.1 Å². The van der Waals surface area contributed by atoms with Gasteiger partial charge in [0, 0.05) is 22.0 Å². The summed E-state index contributed by atoms with van der Waals surface area (Å²) in [5.41, 5.74) is 15.5. The number of fused-ring (bicyclic) bond motifs is 4. The van der Waals surface area contributed by atoms with E-state index in [1.165, 1.54) is 27.8 Å². The quantitative estimate of drug-likeness (QED) is 0.194. The van der Waals surface area contributed by atoms with Crippen LogP contribution in [0, 0.1) is 34.6 Å². The van der Waals surface area contributed by atoms with Crippen molar-refractivity contribution in [3.63, 3.8) is 0 Å². The van der Waals surface area contributed by atoms with E-state index in [0.29, 0.717) is 5.71 Å². The fourth-order valence-electron chi connectivity index (χ4n) is 6.97. The number of furan rings is 1. The Morgan fingerprint density at radius 1 is 0.638 bits per heavy atom. The minimum Gasteiger partial charge on any atom is -0.496 e. The lowest BCUT2D eigenvalue weighted by atomic mass is 9.96. The van der Waals surface area contributed by atoms with Crippen molar-refractivity contribution in [3.05, 3.63) is 131 Å². The van der Waals surface area contributed by atoms with Crippen LogP contribution in [-0.2, 0) is 0 Å². The molecule has 8 aromatic rings. The molecule has 0 unspecified atom stereocenters. The summed E-state index contributed by atoms with van der Waals surface area (Å²) < 4.78 is 14.8. The molecule has 5 nitrogen and oxygen atoms in total. The van der Waals surface area contributed by atoms with Crippen LogP contribution in [0.4, 0.5) is 0 Å². The monoisotopic (exact) mass is 613 g/mol. The summed E-state index contributed by atoms with van der Waals surface area (Å²) in [6.45, 7) is 10.6. The van der Waals surface area contributed by atoms with E-state index in [1.807, 2.05) is 19.1 Å². The first-order chi connectivity index (χ1) is 22.8. The molecule has 8 rings (SSSR count). The predicted octanol–water partition coefficient (Wildman–Crippen LogP) is 10.9. The van der Waals surface area contributed by atoms with Crippen LogP contribution in [0.2, 0.25) is 0 Å². The Morgan fingerprint density at radius 3 is 2.02 bits per heavy atom. The van der Waals surface area contributed by atoms with Crippen molar-refractivity contribution < 1.29 is 9.15 Å². The smallest absolute Gasteiger partial charge is 0.227 e. The summed E-state index contributed by atoms with van der Waals surface area (Å²) >= 11 is 0. The van der Waals surface area contributed by atoms with Crippen LogP contribution in [0.5, 0.6) is 5.75 Å². The summed E-state index contributed by atoms with van der Waals surface area (Å²) in [6.07, 6.45) is 0. The Labute approximate surface area is 274 Å². The Hall–Kier alpha value is -5.68. The van der Waals surface area contributed by atoms with Gasteiger partial charge in [-0.3, -0.25) is 4.57 Å². The molecule has 0 saturated heterocycles. The highest BCUT2D eigenvalue weighted by Gasteiger charge is 2.26. The fraction of sp³-hybridized carbons (Fsp3) is 0.143. The zero-order chi connectivity index (χ0) is 32.4. The summed E-state index contributed by atoms with van der Waals surface area (Å²) in [6, 6.07) is 36.5. The minimum absolute atomic E-state index is 0.613. The van der Waals surface area contributed by atoms with Gasteiger partial charge in [-0.2, -0.15) is 0 Å². The molecule has 230 valence electrons. The van der Waals surface area contributed by atoms with Gasteiger partial charge in [-0.1, -0.05) is 60.7 Å². The molecule has 3 aromatic heterocycles. The number of hydrogen-bond acceptors (Lipinski definition) is 4. The van der Waals surface area contributed by atoms with E-state index in [9.17, 15) is 0 Å². The Bertz CT molecular complexity index is 2460. The standard InChI is InChI=1S/C42H35N3O2/c1-24-12-19-35-36(20-24)45(39-25(2)21-32(22-26(39)3)31-16-14-30(15-17-31)29-10-8-7-9-11-29)41(44-35)38-28(5)37(46-6)23-34-33-18-13-27(4)43-42(33)47-40(34)38/h7-23H,1-6H3. The number of aromatic nitrogens is 3. The molecule has 0 radical (unpaired) electrons. The van der Waals surface area contributed by atoms with Crippen LogP contribution >= 0.6 is 0 Å². The number of nitrogens with zero attached hydrogens (tertiary/aromatic N) is 3. The third-order valence-electron chi connectivity index (χ3n) is 9.27. The molecular weight excluding hydrogens is 578 g/mol. The van der Waals surface area contributed by atoms with Crippen LogP contribution in [0.15, 0.2) is 108 Å². The first-order valence-electron chi connectivity index (χ1n) is 15.9. The van der Waals surface area contributed by atoms with Gasteiger partial charge in [0.1, 0.15) is 17.2 Å². The largest absolute Gasteiger partial charge is 0.496 e. The van der Waals surface area contributed by atoms with Crippen LogP contribution in [0.25, 0.3) is 72.4 Å². The number of rotatable bonds is 5. The zero-order valence-electron chi connectivity index (χ0n) is 27.5. The highest BCUT2D eigenvalue weighted by atomic mass is 16.5. The van der Waals surface area contributed by atoms with E-state index in [0.717, 1.165) is 72.6 Å². The topological polar surface area (TPSA) is 53.1 Å². The van der Waals surface area contributed by atoms with E-state index in [1.54, 1.807) is 7.11 Å². The second-order valence-corrected chi connectivity index (χ2v) is 12.5. The van der Waals surface area contributed by atoms with Gasteiger partial charge in [0.05, 0.1) is 29.4 Å². The highest BCUT2D eigenvalue weighted by Crippen LogP contribution is 2.44. The summed E-state index contributed by atoms with van der Waals surface area (Å²) in [7, 11) is 1.72. The summed E-state index contributed by atoms with van der Waals surface area (Å²) in [5.74, 6) is 1.60. The highest BCUT2D eigenvalue weighted by molar-refractivity contribution is 6.10. The van der Waals surface area contributed by atoms with Crippen molar-refractivity contribution in [2.24, 2.45) is 0 Å². The van der Waals surface area contributed by atoms with Crippen LogP contribution in [-0.4, -0.2) is 21.6 Å².